The molecule has 102 valence electrons. The average Bonchev–Trinajstić information content (AvgIpc) is 2.77. The summed E-state index contributed by atoms with van der Waals surface area (Å²) in [7, 11) is -2.78. The first-order chi connectivity index (χ1) is 8.66. The van der Waals surface area contributed by atoms with Crippen LogP contribution in [0.5, 0.6) is 0 Å². The quantitative estimate of drug-likeness (QED) is 0.820. The Morgan fingerprint density at radius 2 is 2.22 bits per heavy atom. The van der Waals surface area contributed by atoms with Crippen molar-refractivity contribution in [3.63, 3.8) is 0 Å². The molecule has 2 heterocycles. The first-order valence-electron chi connectivity index (χ1n) is 6.32. The molecular weight excluding hydrogens is 268 g/mol. The zero-order valence-corrected chi connectivity index (χ0v) is 12.1. The molecule has 0 radical (unpaired) electrons. The van der Waals surface area contributed by atoms with Gasteiger partial charge in [-0.15, -0.1) is 11.3 Å². The molecule has 1 N–H and O–H groups in total. The van der Waals surface area contributed by atoms with Crippen LogP contribution in [-0.2, 0) is 16.4 Å². The molecule has 6 heteroatoms. The maximum Gasteiger partial charge on any atom is 0.151 e. The predicted molar refractivity (Wildman–Crippen MR) is 75.7 cm³/mol. The van der Waals surface area contributed by atoms with E-state index < -0.39 is 9.84 Å². The van der Waals surface area contributed by atoms with Crippen molar-refractivity contribution in [1.29, 1.82) is 0 Å². The van der Waals surface area contributed by atoms with Gasteiger partial charge < -0.3 is 10.2 Å². The van der Waals surface area contributed by atoms with Gasteiger partial charge in [-0.1, -0.05) is 6.07 Å². The fourth-order valence-electron chi connectivity index (χ4n) is 2.08. The smallest absolute Gasteiger partial charge is 0.151 e. The summed E-state index contributed by atoms with van der Waals surface area (Å²) in [5.74, 6) is 0.671. The second kappa shape index (κ2) is 6.65. The van der Waals surface area contributed by atoms with E-state index in [1.807, 2.05) is 0 Å². The van der Waals surface area contributed by atoms with Gasteiger partial charge in [-0.2, -0.15) is 0 Å². The molecule has 1 fully saturated rings. The first-order valence-corrected chi connectivity index (χ1v) is 9.02. The fraction of sp³-hybridized carbons (Fsp3) is 0.667. The van der Waals surface area contributed by atoms with Crippen LogP contribution in [0, 0.1) is 0 Å². The van der Waals surface area contributed by atoms with E-state index in [9.17, 15) is 8.42 Å². The van der Waals surface area contributed by atoms with Crippen LogP contribution in [0.25, 0.3) is 0 Å². The molecule has 0 atom stereocenters. The van der Waals surface area contributed by atoms with Crippen LogP contribution in [0.4, 0.5) is 0 Å². The Morgan fingerprint density at radius 1 is 1.33 bits per heavy atom. The van der Waals surface area contributed by atoms with E-state index >= 15 is 0 Å². The molecule has 18 heavy (non-hydrogen) atoms. The van der Waals surface area contributed by atoms with Crippen molar-refractivity contribution < 1.29 is 8.42 Å². The number of hydrogen-bond acceptors (Lipinski definition) is 5. The highest BCUT2D eigenvalue weighted by Gasteiger charge is 2.18. The molecule has 0 unspecified atom stereocenters. The minimum Gasteiger partial charge on any atom is -0.311 e. The van der Waals surface area contributed by atoms with Crippen LogP contribution >= 0.6 is 11.3 Å². The SMILES string of the molecule is O=S1(=O)CCCN(CCNCc2cccs2)CC1. The molecular formula is C12H20N2O2S2. The zero-order chi connectivity index (χ0) is 12.8. The van der Waals surface area contributed by atoms with Crippen LogP contribution in [0.15, 0.2) is 17.5 Å². The molecule has 1 aromatic heterocycles. The number of nitrogens with one attached hydrogen (secondary N) is 1. The highest BCUT2D eigenvalue weighted by atomic mass is 32.2. The van der Waals surface area contributed by atoms with E-state index in [4.69, 9.17) is 0 Å². The summed E-state index contributed by atoms with van der Waals surface area (Å²) in [6.07, 6.45) is 0.771. The Hall–Kier alpha value is -0.430. The van der Waals surface area contributed by atoms with Crippen LogP contribution in [0.2, 0.25) is 0 Å². The van der Waals surface area contributed by atoms with E-state index in [0.717, 1.165) is 32.6 Å². The summed E-state index contributed by atoms with van der Waals surface area (Å²) in [5, 5.41) is 5.48. The second-order valence-electron chi connectivity index (χ2n) is 4.60. The summed E-state index contributed by atoms with van der Waals surface area (Å²) in [6, 6.07) is 4.18. The topological polar surface area (TPSA) is 49.4 Å². The Morgan fingerprint density at radius 3 is 3.00 bits per heavy atom. The van der Waals surface area contributed by atoms with E-state index in [-0.39, 0.29) is 0 Å². The largest absolute Gasteiger partial charge is 0.311 e. The summed E-state index contributed by atoms with van der Waals surface area (Å²) in [4.78, 5) is 3.58. The summed E-state index contributed by atoms with van der Waals surface area (Å²) in [5.41, 5.74) is 0. The van der Waals surface area contributed by atoms with Crippen LogP contribution in [0.3, 0.4) is 0 Å². The number of hydrogen-bond donors (Lipinski definition) is 1. The third-order valence-corrected chi connectivity index (χ3v) is 5.72. The molecule has 2 rings (SSSR count). The number of thiophene rings is 1. The van der Waals surface area contributed by atoms with Gasteiger partial charge in [-0.3, -0.25) is 0 Å². The Labute approximate surface area is 113 Å². The van der Waals surface area contributed by atoms with Crippen molar-refractivity contribution in [3.05, 3.63) is 22.4 Å². The van der Waals surface area contributed by atoms with Crippen molar-refractivity contribution in [2.24, 2.45) is 0 Å². The lowest BCUT2D eigenvalue weighted by molar-refractivity contribution is 0.294. The maximum absolute atomic E-state index is 11.5. The van der Waals surface area contributed by atoms with Crippen molar-refractivity contribution in [3.8, 4) is 0 Å². The zero-order valence-electron chi connectivity index (χ0n) is 10.5. The van der Waals surface area contributed by atoms with Gasteiger partial charge in [0.2, 0.25) is 0 Å². The molecule has 1 saturated heterocycles. The first kappa shape index (κ1) is 14.0. The third-order valence-electron chi connectivity index (χ3n) is 3.13. The highest BCUT2D eigenvalue weighted by Crippen LogP contribution is 2.07. The van der Waals surface area contributed by atoms with E-state index in [0.29, 0.717) is 18.1 Å². The minimum atomic E-state index is -2.78. The molecule has 0 aromatic carbocycles. The second-order valence-corrected chi connectivity index (χ2v) is 7.94. The molecule has 0 spiro atoms. The van der Waals surface area contributed by atoms with Crippen molar-refractivity contribution >= 4 is 21.2 Å². The molecule has 1 aliphatic heterocycles. The number of nitrogens with zero attached hydrogens (tertiary/aromatic N) is 1. The fourth-order valence-corrected chi connectivity index (χ4v) is 4.06. The van der Waals surface area contributed by atoms with Gasteiger partial charge in [-0.05, 0) is 24.4 Å². The van der Waals surface area contributed by atoms with Gasteiger partial charge in [0.05, 0.1) is 11.5 Å². The lowest BCUT2D eigenvalue weighted by Crippen LogP contribution is -2.34. The van der Waals surface area contributed by atoms with Gasteiger partial charge in [-0.25, -0.2) is 8.42 Å². The molecule has 0 bridgehead atoms. The summed E-state index contributed by atoms with van der Waals surface area (Å²) >= 11 is 1.76. The van der Waals surface area contributed by atoms with Gasteiger partial charge >= 0.3 is 0 Å². The summed E-state index contributed by atoms with van der Waals surface area (Å²) in [6.45, 7) is 4.34. The standard InChI is InChI=1S/C12H20N2O2S2/c15-18(16)9-2-5-14(7-10-18)6-4-13-11-12-3-1-8-17-12/h1,3,8,13H,2,4-7,9-11H2. The third kappa shape index (κ3) is 4.68. The molecule has 1 aliphatic rings. The Kier molecular flexibility index (Phi) is 5.17. The van der Waals surface area contributed by atoms with Gasteiger partial charge in [0.25, 0.3) is 0 Å². The maximum atomic E-state index is 11.5. The highest BCUT2D eigenvalue weighted by molar-refractivity contribution is 7.91. The van der Waals surface area contributed by atoms with Gasteiger partial charge in [0.1, 0.15) is 0 Å². The average molecular weight is 288 g/mol. The van der Waals surface area contributed by atoms with Crippen LogP contribution < -0.4 is 5.32 Å². The monoisotopic (exact) mass is 288 g/mol. The van der Waals surface area contributed by atoms with E-state index in [1.54, 1.807) is 11.3 Å². The van der Waals surface area contributed by atoms with Crippen LogP contribution in [-0.4, -0.2) is 51.0 Å². The normalized spacial score (nSPS) is 20.7. The predicted octanol–water partition coefficient (Wildman–Crippen LogP) is 0.958. The van der Waals surface area contributed by atoms with E-state index in [1.165, 1.54) is 4.88 Å². The van der Waals surface area contributed by atoms with Crippen molar-refractivity contribution in [1.82, 2.24) is 10.2 Å². The molecule has 0 amide bonds. The Bertz CT molecular complexity index is 443. The number of sulfone groups is 1. The molecule has 0 saturated carbocycles. The Balaban J connectivity index is 1.64. The van der Waals surface area contributed by atoms with Gasteiger partial charge in [0.15, 0.2) is 9.84 Å². The summed E-state index contributed by atoms with van der Waals surface area (Å²) < 4.78 is 22.9. The lowest BCUT2D eigenvalue weighted by atomic mass is 10.4. The van der Waals surface area contributed by atoms with Crippen molar-refractivity contribution in [2.75, 3.05) is 37.7 Å². The lowest BCUT2D eigenvalue weighted by Gasteiger charge is -2.19. The molecule has 4 nitrogen and oxygen atoms in total. The molecule has 1 aromatic rings. The van der Waals surface area contributed by atoms with Crippen molar-refractivity contribution in [2.45, 2.75) is 13.0 Å². The molecule has 0 aliphatic carbocycles. The minimum absolute atomic E-state index is 0.317. The van der Waals surface area contributed by atoms with Crippen LogP contribution in [0.1, 0.15) is 11.3 Å². The van der Waals surface area contributed by atoms with E-state index in [2.05, 4.69) is 27.7 Å². The number of rotatable bonds is 5. The van der Waals surface area contributed by atoms with Gasteiger partial charge in [0, 0.05) is 31.1 Å².